The number of carbonyl (C=O) groups excluding carboxylic acids is 2. The summed E-state index contributed by atoms with van der Waals surface area (Å²) in [4.78, 5) is 23.3. The average molecular weight is 362 g/mol. The summed E-state index contributed by atoms with van der Waals surface area (Å²) < 4.78 is 5.53. The van der Waals surface area contributed by atoms with Crippen LogP contribution in [0.2, 0.25) is 0 Å². The van der Waals surface area contributed by atoms with E-state index in [1.54, 1.807) is 12.1 Å². The Hall–Kier alpha value is -2.39. The van der Waals surface area contributed by atoms with Crippen molar-refractivity contribution in [3.8, 4) is 11.8 Å². The number of hydrogen-bond donors (Lipinski definition) is 2. The fraction of sp³-hybridized carbons (Fsp3) is 0.550. The molecule has 0 spiro atoms. The molecular formula is C20H30N2O4. The molecule has 0 aliphatic heterocycles. The Morgan fingerprint density at radius 1 is 1.27 bits per heavy atom. The highest BCUT2D eigenvalue weighted by molar-refractivity contribution is 5.95. The molecule has 0 aromatic heterocycles. The lowest BCUT2D eigenvalue weighted by atomic mass is 10.1. The Kier molecular flexibility index (Phi) is 11.7. The third-order valence-electron chi connectivity index (χ3n) is 3.37. The van der Waals surface area contributed by atoms with Gasteiger partial charge in [-0.25, -0.2) is 0 Å². The molecule has 0 fully saturated rings. The monoisotopic (exact) mass is 362 g/mol. The van der Waals surface area contributed by atoms with Gasteiger partial charge in [-0.15, -0.1) is 0 Å². The highest BCUT2D eigenvalue weighted by atomic mass is 16.5. The smallest absolute Gasteiger partial charge is 0.251 e. The van der Waals surface area contributed by atoms with Gasteiger partial charge in [0.1, 0.15) is 18.4 Å². The van der Waals surface area contributed by atoms with E-state index in [4.69, 9.17) is 9.84 Å². The maximum absolute atomic E-state index is 12.2. The van der Waals surface area contributed by atoms with Crippen LogP contribution in [-0.2, 0) is 4.79 Å². The average Bonchev–Trinajstić information content (AvgIpc) is 2.62. The largest absolute Gasteiger partial charge is 0.490 e. The standard InChI is InChI=1S/C18H24N2O4.C2H6/c1-12(2)24-17-8-7-14(9-15(17)10-19)18(23)20-13(3)5-4-6-16(22)11-21;1-2/h7-9,12-13,21H,4-6,11H2,1-3H3,(H,20,23);1-2H3. The van der Waals surface area contributed by atoms with Gasteiger partial charge in [-0.05, 0) is 51.8 Å². The molecule has 2 N–H and O–H groups in total. The van der Waals surface area contributed by atoms with E-state index in [-0.39, 0.29) is 23.8 Å². The van der Waals surface area contributed by atoms with Gasteiger partial charge in [0.2, 0.25) is 0 Å². The summed E-state index contributed by atoms with van der Waals surface area (Å²) in [6, 6.07) is 6.68. The third-order valence-corrected chi connectivity index (χ3v) is 3.37. The number of ether oxygens (including phenoxy) is 1. The van der Waals surface area contributed by atoms with Gasteiger partial charge in [0.05, 0.1) is 11.7 Å². The molecular weight excluding hydrogens is 332 g/mol. The topological polar surface area (TPSA) is 99.4 Å². The van der Waals surface area contributed by atoms with E-state index in [0.717, 1.165) is 0 Å². The van der Waals surface area contributed by atoms with Crippen molar-refractivity contribution < 1.29 is 19.4 Å². The molecule has 0 aliphatic carbocycles. The second kappa shape index (κ2) is 12.9. The predicted octanol–water partition coefficient (Wildman–Crippen LogP) is 3.22. The summed E-state index contributed by atoms with van der Waals surface area (Å²) in [5, 5.41) is 20.7. The lowest BCUT2D eigenvalue weighted by Crippen LogP contribution is -2.32. The van der Waals surface area contributed by atoms with Crippen molar-refractivity contribution >= 4 is 11.7 Å². The number of benzene rings is 1. The van der Waals surface area contributed by atoms with Gasteiger partial charge in [-0.1, -0.05) is 13.8 Å². The lowest BCUT2D eigenvalue weighted by molar-refractivity contribution is -0.121. The molecule has 144 valence electrons. The fourth-order valence-corrected chi connectivity index (χ4v) is 2.18. The van der Waals surface area contributed by atoms with E-state index in [1.165, 1.54) is 6.07 Å². The van der Waals surface area contributed by atoms with Crippen LogP contribution in [0.4, 0.5) is 0 Å². The first-order valence-electron chi connectivity index (χ1n) is 9.01. The molecule has 0 saturated heterocycles. The van der Waals surface area contributed by atoms with Crippen LogP contribution >= 0.6 is 0 Å². The van der Waals surface area contributed by atoms with E-state index in [0.29, 0.717) is 36.1 Å². The third kappa shape index (κ3) is 8.63. The van der Waals surface area contributed by atoms with Gasteiger partial charge >= 0.3 is 0 Å². The number of Topliss-reactive ketones (excluding diaryl/α,β-unsaturated/α-hetero) is 1. The van der Waals surface area contributed by atoms with E-state index in [1.807, 2.05) is 40.7 Å². The molecule has 1 rings (SSSR count). The molecule has 0 aliphatic rings. The molecule has 0 bridgehead atoms. The van der Waals surface area contributed by atoms with Gasteiger partial charge in [-0.3, -0.25) is 9.59 Å². The van der Waals surface area contributed by atoms with Crippen molar-refractivity contribution in [2.75, 3.05) is 6.61 Å². The summed E-state index contributed by atoms with van der Waals surface area (Å²) in [7, 11) is 0. The number of nitriles is 1. The molecule has 1 aromatic rings. The summed E-state index contributed by atoms with van der Waals surface area (Å²) in [5.74, 6) is -0.0175. The Morgan fingerprint density at radius 3 is 2.46 bits per heavy atom. The second-order valence-electron chi connectivity index (χ2n) is 5.95. The Bertz CT molecular complexity index is 621. The van der Waals surface area contributed by atoms with E-state index in [2.05, 4.69) is 5.32 Å². The molecule has 1 unspecified atom stereocenters. The zero-order valence-electron chi connectivity index (χ0n) is 16.3. The number of carbonyl (C=O) groups is 2. The van der Waals surface area contributed by atoms with Crippen LogP contribution in [0.1, 0.15) is 69.8 Å². The van der Waals surface area contributed by atoms with Crippen molar-refractivity contribution in [1.29, 1.82) is 5.26 Å². The number of aliphatic hydroxyl groups is 1. The molecule has 1 atom stereocenters. The number of amides is 1. The van der Waals surface area contributed by atoms with Crippen molar-refractivity contribution in [3.05, 3.63) is 29.3 Å². The Balaban J connectivity index is 0.00000301. The van der Waals surface area contributed by atoms with Gasteiger partial charge in [0, 0.05) is 18.0 Å². The minimum atomic E-state index is -0.442. The first-order chi connectivity index (χ1) is 12.4. The number of nitrogens with zero attached hydrogens (tertiary/aromatic N) is 1. The zero-order chi connectivity index (χ0) is 20.1. The second-order valence-corrected chi connectivity index (χ2v) is 5.95. The normalized spacial score (nSPS) is 11.0. The first kappa shape index (κ1) is 23.6. The summed E-state index contributed by atoms with van der Waals surface area (Å²) in [5.41, 5.74) is 0.707. The summed E-state index contributed by atoms with van der Waals surface area (Å²) >= 11 is 0. The zero-order valence-corrected chi connectivity index (χ0v) is 16.3. The van der Waals surface area contributed by atoms with Crippen LogP contribution in [0.3, 0.4) is 0 Å². The predicted molar refractivity (Wildman–Crippen MR) is 101 cm³/mol. The summed E-state index contributed by atoms with van der Waals surface area (Å²) in [6.45, 7) is 9.14. The molecule has 1 aromatic carbocycles. The van der Waals surface area contributed by atoms with E-state index < -0.39 is 6.61 Å². The van der Waals surface area contributed by atoms with Crippen molar-refractivity contribution in [3.63, 3.8) is 0 Å². The quantitative estimate of drug-likeness (QED) is 0.702. The Morgan fingerprint density at radius 2 is 1.92 bits per heavy atom. The van der Waals surface area contributed by atoms with Crippen LogP contribution in [-0.4, -0.2) is 35.5 Å². The van der Waals surface area contributed by atoms with Gasteiger partial charge < -0.3 is 15.2 Å². The van der Waals surface area contributed by atoms with Gasteiger partial charge in [0.15, 0.2) is 5.78 Å². The highest BCUT2D eigenvalue weighted by Crippen LogP contribution is 2.20. The van der Waals surface area contributed by atoms with Crippen molar-refractivity contribution in [2.24, 2.45) is 0 Å². The molecule has 1 amide bonds. The van der Waals surface area contributed by atoms with E-state index >= 15 is 0 Å². The maximum atomic E-state index is 12.2. The fourth-order valence-electron chi connectivity index (χ4n) is 2.18. The number of hydrogen-bond acceptors (Lipinski definition) is 5. The van der Waals surface area contributed by atoms with Crippen LogP contribution in [0.15, 0.2) is 18.2 Å². The number of rotatable bonds is 9. The minimum Gasteiger partial charge on any atom is -0.490 e. The van der Waals surface area contributed by atoms with Gasteiger partial charge in [0.25, 0.3) is 5.91 Å². The van der Waals surface area contributed by atoms with Crippen LogP contribution in [0.25, 0.3) is 0 Å². The molecule has 0 heterocycles. The molecule has 26 heavy (non-hydrogen) atoms. The number of nitrogens with one attached hydrogen (secondary N) is 1. The summed E-state index contributed by atoms with van der Waals surface area (Å²) in [6.07, 6.45) is 1.48. The Labute approximate surface area is 156 Å². The molecule has 0 radical (unpaired) electrons. The van der Waals surface area contributed by atoms with Crippen LogP contribution < -0.4 is 10.1 Å². The number of ketones is 1. The molecule has 6 heteroatoms. The van der Waals surface area contributed by atoms with Crippen molar-refractivity contribution in [2.45, 2.75) is 66.0 Å². The maximum Gasteiger partial charge on any atom is 0.251 e. The highest BCUT2D eigenvalue weighted by Gasteiger charge is 2.14. The van der Waals surface area contributed by atoms with E-state index in [9.17, 15) is 14.9 Å². The van der Waals surface area contributed by atoms with Crippen molar-refractivity contribution in [1.82, 2.24) is 5.32 Å². The minimum absolute atomic E-state index is 0.0570. The molecule has 0 saturated carbocycles. The SMILES string of the molecule is CC.CC(CCCC(=O)CO)NC(=O)c1ccc(OC(C)C)c(C#N)c1. The molecule has 6 nitrogen and oxygen atoms in total. The van der Waals surface area contributed by atoms with Crippen LogP contribution in [0, 0.1) is 11.3 Å². The first-order valence-corrected chi connectivity index (χ1v) is 9.01. The number of aliphatic hydroxyl groups excluding tert-OH is 1. The van der Waals surface area contributed by atoms with Gasteiger partial charge in [-0.2, -0.15) is 5.26 Å². The van der Waals surface area contributed by atoms with Crippen LogP contribution in [0.5, 0.6) is 5.75 Å². The lowest BCUT2D eigenvalue weighted by Gasteiger charge is -2.15.